The minimum Gasteiger partial charge on any atom is -0.453 e. The van der Waals surface area contributed by atoms with Gasteiger partial charge in [-0.3, -0.25) is 4.79 Å². The molecule has 2 aromatic carbocycles. The molecule has 4 heteroatoms. The van der Waals surface area contributed by atoms with Crippen LogP contribution < -0.4 is 11.2 Å². The summed E-state index contributed by atoms with van der Waals surface area (Å²) >= 11 is 0. The van der Waals surface area contributed by atoms with E-state index in [1.165, 1.54) is 6.07 Å². The van der Waals surface area contributed by atoms with E-state index in [9.17, 15) is 4.79 Å². The molecule has 2 N–H and O–H groups in total. The molecule has 0 radical (unpaired) electrons. The Hall–Kier alpha value is -2.88. The second-order valence-electron chi connectivity index (χ2n) is 4.67. The molecule has 4 nitrogen and oxygen atoms in total. The fourth-order valence-corrected chi connectivity index (χ4v) is 2.49. The fraction of sp³-hybridized carbons (Fsp3) is 0. The third kappa shape index (κ3) is 1.42. The summed E-state index contributed by atoms with van der Waals surface area (Å²) in [6.07, 6.45) is 0. The highest BCUT2D eigenvalue weighted by Gasteiger charge is 2.16. The van der Waals surface area contributed by atoms with Crippen LogP contribution in [0.5, 0.6) is 0 Å². The van der Waals surface area contributed by atoms with Crippen molar-refractivity contribution in [3.63, 3.8) is 0 Å². The molecule has 0 aromatic heterocycles. The molecule has 2 aliphatic rings. The van der Waals surface area contributed by atoms with E-state index in [0.717, 1.165) is 5.52 Å². The van der Waals surface area contributed by atoms with Crippen LogP contribution >= 0.6 is 0 Å². The lowest BCUT2D eigenvalue weighted by atomic mass is 10.0. The van der Waals surface area contributed by atoms with Gasteiger partial charge in [0.2, 0.25) is 0 Å². The van der Waals surface area contributed by atoms with Crippen molar-refractivity contribution in [2.75, 3.05) is 5.73 Å². The van der Waals surface area contributed by atoms with Crippen molar-refractivity contribution in [2.45, 2.75) is 0 Å². The summed E-state index contributed by atoms with van der Waals surface area (Å²) < 4.78 is 5.77. The molecule has 0 saturated heterocycles. The SMILES string of the molecule is Nc1cccc2c(=O)cc3oc4ccccc4nc-3c12. The van der Waals surface area contributed by atoms with Crippen LogP contribution in [-0.2, 0) is 0 Å². The second kappa shape index (κ2) is 3.81. The largest absolute Gasteiger partial charge is 0.453 e. The van der Waals surface area contributed by atoms with Crippen LogP contribution in [0.25, 0.3) is 33.3 Å². The Morgan fingerprint density at radius 1 is 1.05 bits per heavy atom. The molecule has 20 heavy (non-hydrogen) atoms. The molecule has 0 amide bonds. The first-order valence-electron chi connectivity index (χ1n) is 6.25. The van der Waals surface area contributed by atoms with E-state index >= 15 is 0 Å². The molecule has 0 saturated carbocycles. The Labute approximate surface area is 113 Å². The van der Waals surface area contributed by atoms with E-state index in [1.807, 2.05) is 24.3 Å². The number of hydrogen-bond donors (Lipinski definition) is 1. The summed E-state index contributed by atoms with van der Waals surface area (Å²) in [7, 11) is 0. The number of para-hydroxylation sites is 2. The highest BCUT2D eigenvalue weighted by Crippen LogP contribution is 2.32. The lowest BCUT2D eigenvalue weighted by Gasteiger charge is -2.10. The Morgan fingerprint density at radius 2 is 1.90 bits per heavy atom. The zero-order chi connectivity index (χ0) is 13.7. The van der Waals surface area contributed by atoms with Gasteiger partial charge in [-0.2, -0.15) is 0 Å². The van der Waals surface area contributed by atoms with E-state index in [1.54, 1.807) is 18.2 Å². The van der Waals surface area contributed by atoms with Crippen LogP contribution in [0.1, 0.15) is 0 Å². The predicted molar refractivity (Wildman–Crippen MR) is 78.8 cm³/mol. The van der Waals surface area contributed by atoms with Gasteiger partial charge in [0.25, 0.3) is 0 Å². The Morgan fingerprint density at radius 3 is 2.80 bits per heavy atom. The molecule has 0 bridgehead atoms. The number of aromatic nitrogens is 1. The highest BCUT2D eigenvalue weighted by atomic mass is 16.3. The maximum atomic E-state index is 12.1. The zero-order valence-electron chi connectivity index (χ0n) is 10.5. The summed E-state index contributed by atoms with van der Waals surface area (Å²) in [6.45, 7) is 0. The fourth-order valence-electron chi connectivity index (χ4n) is 2.49. The van der Waals surface area contributed by atoms with Gasteiger partial charge in [0.15, 0.2) is 16.8 Å². The van der Waals surface area contributed by atoms with Gasteiger partial charge in [0.1, 0.15) is 11.2 Å². The van der Waals surface area contributed by atoms with Crippen LogP contribution in [0.3, 0.4) is 0 Å². The normalized spacial score (nSPS) is 11.4. The highest BCUT2D eigenvalue weighted by molar-refractivity contribution is 6.03. The van der Waals surface area contributed by atoms with Gasteiger partial charge < -0.3 is 10.2 Å². The summed E-state index contributed by atoms with van der Waals surface area (Å²) in [5, 5.41) is 1.22. The summed E-state index contributed by atoms with van der Waals surface area (Å²) in [5.74, 6) is 0.458. The number of anilines is 1. The van der Waals surface area contributed by atoms with Gasteiger partial charge in [-0.15, -0.1) is 0 Å². The summed E-state index contributed by atoms with van der Waals surface area (Å²) in [6, 6.07) is 14.2. The van der Waals surface area contributed by atoms with Gasteiger partial charge in [-0.1, -0.05) is 24.3 Å². The third-order valence-electron chi connectivity index (χ3n) is 3.41. The molecule has 0 unspecified atom stereocenters. The number of hydrogen-bond acceptors (Lipinski definition) is 4. The molecule has 96 valence electrons. The topological polar surface area (TPSA) is 69.1 Å². The minimum atomic E-state index is -0.111. The monoisotopic (exact) mass is 262 g/mol. The molecule has 1 heterocycles. The first-order valence-corrected chi connectivity index (χ1v) is 6.25. The van der Waals surface area contributed by atoms with Crippen molar-refractivity contribution in [1.29, 1.82) is 0 Å². The van der Waals surface area contributed by atoms with Gasteiger partial charge >= 0.3 is 0 Å². The molecular weight excluding hydrogens is 252 g/mol. The molecule has 0 fully saturated rings. The first kappa shape index (κ1) is 11.0. The van der Waals surface area contributed by atoms with Gasteiger partial charge in [0, 0.05) is 22.5 Å². The molecule has 0 atom stereocenters. The quantitative estimate of drug-likeness (QED) is 0.300. The van der Waals surface area contributed by atoms with Crippen molar-refractivity contribution in [2.24, 2.45) is 0 Å². The second-order valence-corrected chi connectivity index (χ2v) is 4.67. The molecular formula is C16H10N2O2. The van der Waals surface area contributed by atoms with E-state index in [0.29, 0.717) is 33.5 Å². The van der Waals surface area contributed by atoms with Crippen LogP contribution in [0.15, 0.2) is 57.7 Å². The predicted octanol–water partition coefficient (Wildman–Crippen LogP) is 3.03. The van der Waals surface area contributed by atoms with Crippen molar-refractivity contribution in [3.8, 4) is 11.5 Å². The maximum absolute atomic E-state index is 12.1. The standard InChI is InChI=1S/C16H10N2O2/c17-10-5-3-4-9-12(19)8-14-16(15(9)10)18-11-6-1-2-7-13(11)20-14/h1-8H,17H2. The number of rotatable bonds is 0. The van der Waals surface area contributed by atoms with Crippen LogP contribution in [0.2, 0.25) is 0 Å². The summed E-state index contributed by atoms with van der Waals surface area (Å²) in [5.41, 5.74) is 8.44. The number of nitrogens with two attached hydrogens (primary N) is 1. The third-order valence-corrected chi connectivity index (χ3v) is 3.41. The molecule has 1 aliphatic carbocycles. The van der Waals surface area contributed by atoms with Crippen LogP contribution in [-0.4, -0.2) is 4.98 Å². The van der Waals surface area contributed by atoms with Crippen molar-refractivity contribution >= 4 is 27.6 Å². The van der Waals surface area contributed by atoms with Crippen molar-refractivity contribution < 1.29 is 4.42 Å². The van der Waals surface area contributed by atoms with E-state index in [2.05, 4.69) is 4.98 Å². The number of fused-ring (bicyclic) bond motifs is 4. The Bertz CT molecular complexity index is 988. The minimum absolute atomic E-state index is 0.111. The van der Waals surface area contributed by atoms with E-state index < -0.39 is 0 Å². The zero-order valence-corrected chi connectivity index (χ0v) is 10.5. The first-order chi connectivity index (χ1) is 9.74. The van der Waals surface area contributed by atoms with E-state index in [-0.39, 0.29) is 5.43 Å². The Kier molecular flexibility index (Phi) is 2.09. The number of benzene rings is 3. The van der Waals surface area contributed by atoms with Crippen LogP contribution in [0.4, 0.5) is 5.69 Å². The average molecular weight is 262 g/mol. The van der Waals surface area contributed by atoms with Gasteiger partial charge in [-0.25, -0.2) is 4.98 Å². The lowest BCUT2D eigenvalue weighted by molar-refractivity contribution is 0.614. The number of nitrogens with zero attached hydrogens (tertiary/aromatic N) is 1. The average Bonchev–Trinajstić information content (AvgIpc) is 2.46. The molecule has 4 rings (SSSR count). The smallest absolute Gasteiger partial charge is 0.190 e. The lowest BCUT2D eigenvalue weighted by Crippen LogP contribution is -2.05. The molecule has 1 aliphatic heterocycles. The maximum Gasteiger partial charge on any atom is 0.190 e. The van der Waals surface area contributed by atoms with Gasteiger partial charge in [0.05, 0.1) is 0 Å². The van der Waals surface area contributed by atoms with Crippen LogP contribution in [0, 0.1) is 0 Å². The van der Waals surface area contributed by atoms with Gasteiger partial charge in [-0.05, 0) is 18.2 Å². The Balaban J connectivity index is 2.32. The molecule has 0 spiro atoms. The van der Waals surface area contributed by atoms with Crippen molar-refractivity contribution in [1.82, 2.24) is 4.98 Å². The van der Waals surface area contributed by atoms with E-state index in [4.69, 9.17) is 10.2 Å². The number of nitrogen functional groups attached to an aromatic ring is 1. The molecule has 2 aromatic rings. The summed E-state index contributed by atoms with van der Waals surface area (Å²) in [4.78, 5) is 16.7. The van der Waals surface area contributed by atoms with Crippen molar-refractivity contribution in [3.05, 3.63) is 58.8 Å².